The van der Waals surface area contributed by atoms with Crippen LogP contribution in [0.4, 0.5) is 10.1 Å². The maximum Gasteiger partial charge on any atom is 0.230 e. The van der Waals surface area contributed by atoms with Crippen LogP contribution in [0.5, 0.6) is 0 Å². The smallest absolute Gasteiger partial charge is 0.230 e. The van der Waals surface area contributed by atoms with Gasteiger partial charge in [-0.1, -0.05) is 16.8 Å². The van der Waals surface area contributed by atoms with Gasteiger partial charge in [0.25, 0.3) is 0 Å². The number of carbonyl (C=O) groups excluding carboxylic acids is 1. The van der Waals surface area contributed by atoms with Crippen molar-refractivity contribution in [3.8, 4) is 11.3 Å². The van der Waals surface area contributed by atoms with E-state index in [-0.39, 0.29) is 18.1 Å². The quantitative estimate of drug-likeness (QED) is 0.775. The SMILES string of the molecule is O=C(Cc1cc(-c2ccc(Cl)cc2)on1)Nc1ccc(F)cc1. The highest BCUT2D eigenvalue weighted by Gasteiger charge is 2.11. The number of carbonyl (C=O) groups is 1. The second-order valence-corrected chi connectivity index (χ2v) is 5.36. The van der Waals surface area contributed by atoms with Gasteiger partial charge >= 0.3 is 0 Å². The first-order valence-electron chi connectivity index (χ1n) is 6.87. The normalized spacial score (nSPS) is 10.5. The molecule has 116 valence electrons. The molecule has 3 rings (SSSR count). The van der Waals surface area contributed by atoms with Crippen molar-refractivity contribution >= 4 is 23.2 Å². The summed E-state index contributed by atoms with van der Waals surface area (Å²) in [6.07, 6.45) is 0.0640. The van der Waals surface area contributed by atoms with Crippen LogP contribution in [-0.2, 0) is 11.2 Å². The topological polar surface area (TPSA) is 55.1 Å². The highest BCUT2D eigenvalue weighted by molar-refractivity contribution is 6.30. The van der Waals surface area contributed by atoms with E-state index in [1.54, 1.807) is 18.2 Å². The van der Waals surface area contributed by atoms with Gasteiger partial charge in [-0.15, -0.1) is 0 Å². The van der Waals surface area contributed by atoms with Crippen LogP contribution in [0, 0.1) is 5.82 Å². The van der Waals surface area contributed by atoms with E-state index in [0.29, 0.717) is 22.2 Å². The van der Waals surface area contributed by atoms with Crippen molar-refractivity contribution in [3.05, 3.63) is 71.1 Å². The molecule has 0 aliphatic carbocycles. The molecule has 0 fully saturated rings. The Bertz CT molecular complexity index is 813. The first kappa shape index (κ1) is 15.2. The fraction of sp³-hybridized carbons (Fsp3) is 0.0588. The number of benzene rings is 2. The summed E-state index contributed by atoms with van der Waals surface area (Å²) in [5.41, 5.74) is 1.86. The van der Waals surface area contributed by atoms with Crippen molar-refractivity contribution in [1.82, 2.24) is 5.16 Å². The number of nitrogens with one attached hydrogen (secondary N) is 1. The summed E-state index contributed by atoms with van der Waals surface area (Å²) in [5, 5.41) is 7.18. The number of nitrogens with zero attached hydrogens (tertiary/aromatic N) is 1. The summed E-state index contributed by atoms with van der Waals surface area (Å²) in [5.74, 6) is -0.0501. The number of hydrogen-bond acceptors (Lipinski definition) is 3. The third-order valence-electron chi connectivity index (χ3n) is 3.16. The Morgan fingerprint density at radius 2 is 1.83 bits per heavy atom. The van der Waals surface area contributed by atoms with Gasteiger partial charge in [0.15, 0.2) is 5.76 Å². The third kappa shape index (κ3) is 3.96. The number of halogens is 2. The van der Waals surface area contributed by atoms with Crippen LogP contribution >= 0.6 is 11.6 Å². The lowest BCUT2D eigenvalue weighted by Crippen LogP contribution is -2.14. The van der Waals surface area contributed by atoms with Crippen molar-refractivity contribution in [1.29, 1.82) is 0 Å². The minimum Gasteiger partial charge on any atom is -0.356 e. The third-order valence-corrected chi connectivity index (χ3v) is 3.41. The molecule has 1 aromatic heterocycles. The minimum absolute atomic E-state index is 0.0640. The van der Waals surface area contributed by atoms with Crippen LogP contribution in [0.15, 0.2) is 59.1 Å². The summed E-state index contributed by atoms with van der Waals surface area (Å²) in [4.78, 5) is 12.0. The molecule has 1 heterocycles. The van der Waals surface area contributed by atoms with Gasteiger partial charge in [0.05, 0.1) is 12.1 Å². The maximum absolute atomic E-state index is 12.8. The zero-order valence-corrected chi connectivity index (χ0v) is 12.7. The molecule has 0 radical (unpaired) electrons. The molecule has 0 spiro atoms. The van der Waals surface area contributed by atoms with Crippen LogP contribution in [0.3, 0.4) is 0 Å². The highest BCUT2D eigenvalue weighted by Crippen LogP contribution is 2.22. The Labute approximate surface area is 136 Å². The molecule has 2 aromatic carbocycles. The summed E-state index contributed by atoms with van der Waals surface area (Å²) >= 11 is 5.84. The van der Waals surface area contributed by atoms with Gasteiger partial charge in [0.1, 0.15) is 5.82 Å². The lowest BCUT2D eigenvalue weighted by molar-refractivity contribution is -0.115. The van der Waals surface area contributed by atoms with Gasteiger partial charge in [0.2, 0.25) is 5.91 Å². The fourth-order valence-electron chi connectivity index (χ4n) is 2.05. The second-order valence-electron chi connectivity index (χ2n) is 4.92. The van der Waals surface area contributed by atoms with Gasteiger partial charge < -0.3 is 9.84 Å². The number of hydrogen-bond donors (Lipinski definition) is 1. The highest BCUT2D eigenvalue weighted by atomic mass is 35.5. The maximum atomic E-state index is 12.8. The molecular weight excluding hydrogens is 319 g/mol. The lowest BCUT2D eigenvalue weighted by Gasteiger charge is -2.02. The molecular formula is C17H12ClFN2O2. The Kier molecular flexibility index (Phi) is 4.39. The molecule has 0 bridgehead atoms. The van der Waals surface area contributed by atoms with E-state index in [2.05, 4.69) is 10.5 Å². The standard InChI is InChI=1S/C17H12ClFN2O2/c18-12-3-1-11(2-4-12)16-9-15(21-23-16)10-17(22)20-14-7-5-13(19)6-8-14/h1-9H,10H2,(H,20,22). The molecule has 4 nitrogen and oxygen atoms in total. The van der Waals surface area contributed by atoms with Gasteiger partial charge in [0, 0.05) is 22.3 Å². The van der Waals surface area contributed by atoms with Crippen LogP contribution in [-0.4, -0.2) is 11.1 Å². The monoisotopic (exact) mass is 330 g/mol. The molecule has 0 unspecified atom stereocenters. The van der Waals surface area contributed by atoms with Crippen molar-refractivity contribution in [2.24, 2.45) is 0 Å². The summed E-state index contributed by atoms with van der Waals surface area (Å²) < 4.78 is 18.1. The number of anilines is 1. The zero-order chi connectivity index (χ0) is 16.2. The number of rotatable bonds is 4. The molecule has 0 saturated carbocycles. The summed E-state index contributed by atoms with van der Waals surface area (Å²) in [6.45, 7) is 0. The molecule has 0 atom stereocenters. The van der Waals surface area contributed by atoms with Gasteiger partial charge in [-0.3, -0.25) is 4.79 Å². The van der Waals surface area contributed by atoms with Gasteiger partial charge in [-0.2, -0.15) is 0 Å². The molecule has 6 heteroatoms. The number of amides is 1. The number of aromatic nitrogens is 1. The molecule has 1 amide bonds. The Hall–Kier alpha value is -2.66. The summed E-state index contributed by atoms with van der Waals surface area (Å²) in [6, 6.07) is 14.4. The largest absolute Gasteiger partial charge is 0.356 e. The van der Waals surface area contributed by atoms with Crippen LogP contribution in [0.25, 0.3) is 11.3 Å². The van der Waals surface area contributed by atoms with Crippen molar-refractivity contribution in [2.45, 2.75) is 6.42 Å². The average Bonchev–Trinajstić information content (AvgIpc) is 2.98. The molecule has 0 aliphatic rings. The van der Waals surface area contributed by atoms with Gasteiger partial charge in [-0.05, 0) is 48.5 Å². The first-order valence-corrected chi connectivity index (χ1v) is 7.25. The van der Waals surface area contributed by atoms with E-state index in [1.165, 1.54) is 24.3 Å². The van der Waals surface area contributed by atoms with Gasteiger partial charge in [-0.25, -0.2) is 4.39 Å². The Morgan fingerprint density at radius 1 is 1.13 bits per heavy atom. The van der Waals surface area contributed by atoms with Crippen LogP contribution in [0.1, 0.15) is 5.69 Å². The van der Waals surface area contributed by atoms with E-state index < -0.39 is 0 Å². The van der Waals surface area contributed by atoms with Crippen molar-refractivity contribution in [3.63, 3.8) is 0 Å². The van der Waals surface area contributed by atoms with E-state index >= 15 is 0 Å². The van der Waals surface area contributed by atoms with E-state index in [9.17, 15) is 9.18 Å². The second kappa shape index (κ2) is 6.62. The van der Waals surface area contributed by atoms with Crippen molar-refractivity contribution in [2.75, 3.05) is 5.32 Å². The lowest BCUT2D eigenvalue weighted by atomic mass is 10.1. The molecule has 1 N–H and O–H groups in total. The van der Waals surface area contributed by atoms with Crippen molar-refractivity contribution < 1.29 is 13.7 Å². The first-order chi connectivity index (χ1) is 11.1. The van der Waals surface area contributed by atoms with Crippen LogP contribution < -0.4 is 5.32 Å². The molecule has 3 aromatic rings. The Morgan fingerprint density at radius 3 is 2.52 bits per heavy atom. The predicted octanol–water partition coefficient (Wildman–Crippen LogP) is 4.32. The van der Waals surface area contributed by atoms with Crippen LogP contribution in [0.2, 0.25) is 5.02 Å². The molecule has 0 saturated heterocycles. The minimum atomic E-state index is -0.355. The van der Waals surface area contributed by atoms with E-state index in [1.807, 2.05) is 12.1 Å². The fourth-order valence-corrected chi connectivity index (χ4v) is 2.17. The molecule has 0 aliphatic heterocycles. The Balaban J connectivity index is 1.65. The predicted molar refractivity (Wildman–Crippen MR) is 85.7 cm³/mol. The zero-order valence-electron chi connectivity index (χ0n) is 11.9. The summed E-state index contributed by atoms with van der Waals surface area (Å²) in [7, 11) is 0. The van der Waals surface area contributed by atoms with E-state index in [4.69, 9.17) is 16.1 Å². The molecule has 23 heavy (non-hydrogen) atoms. The average molecular weight is 331 g/mol. The van der Waals surface area contributed by atoms with E-state index in [0.717, 1.165) is 5.56 Å².